The Morgan fingerprint density at radius 3 is 3.11 bits per heavy atom. The Morgan fingerprint density at radius 1 is 1.44 bits per heavy atom. The molecule has 0 aliphatic carbocycles. The predicted octanol–water partition coefficient (Wildman–Crippen LogP) is 1.87. The van der Waals surface area contributed by atoms with E-state index in [0.29, 0.717) is 0 Å². The van der Waals surface area contributed by atoms with Crippen LogP contribution in [0.3, 0.4) is 0 Å². The Bertz CT molecular complexity index is 347. The third kappa shape index (κ3) is 3.33. The first-order valence-electron chi connectivity index (χ1n) is 7.30. The fraction of sp³-hybridized carbons (Fsp3) is 0.786. The molecule has 0 bridgehead atoms. The van der Waals surface area contributed by atoms with Gasteiger partial charge in [0, 0.05) is 31.9 Å². The molecular weight excluding hydrogens is 224 g/mol. The van der Waals surface area contributed by atoms with Crippen LogP contribution in [0.25, 0.3) is 0 Å². The summed E-state index contributed by atoms with van der Waals surface area (Å²) in [5.41, 5.74) is 1.30. The van der Waals surface area contributed by atoms with Gasteiger partial charge in [0.1, 0.15) is 0 Å². The van der Waals surface area contributed by atoms with Gasteiger partial charge in [-0.15, -0.1) is 0 Å². The third-order valence-corrected chi connectivity index (χ3v) is 3.83. The van der Waals surface area contributed by atoms with Gasteiger partial charge in [-0.2, -0.15) is 5.10 Å². The van der Waals surface area contributed by atoms with E-state index in [0.717, 1.165) is 32.1 Å². The maximum Gasteiger partial charge on any atom is 0.0522 e. The summed E-state index contributed by atoms with van der Waals surface area (Å²) in [6.07, 6.45) is 5.74. The quantitative estimate of drug-likeness (QED) is 0.802. The lowest BCUT2D eigenvalue weighted by Gasteiger charge is -2.23. The van der Waals surface area contributed by atoms with E-state index in [4.69, 9.17) is 0 Å². The van der Waals surface area contributed by atoms with Crippen LogP contribution in [0.2, 0.25) is 0 Å². The number of hydrogen-bond donors (Lipinski definition) is 1. The standard InChI is InChI=1S/C14H26N4/c1-3-9-18-14(7-8-16-18)12-15-11-13-6-5-10-17(13)4-2/h7-8,13,15H,3-6,9-12H2,1-2H3. The van der Waals surface area contributed by atoms with Crippen LogP contribution in [0.15, 0.2) is 12.3 Å². The second-order valence-electron chi connectivity index (χ2n) is 5.10. The van der Waals surface area contributed by atoms with Crippen molar-refractivity contribution in [2.24, 2.45) is 0 Å². The SMILES string of the molecule is CCCn1nccc1CNCC1CCCN1CC. The number of likely N-dealkylation sites (N-methyl/N-ethyl adjacent to an activating group) is 1. The number of rotatable bonds is 7. The first-order valence-corrected chi connectivity index (χ1v) is 7.30. The van der Waals surface area contributed by atoms with E-state index in [2.05, 4.69) is 39.9 Å². The van der Waals surface area contributed by atoms with Gasteiger partial charge >= 0.3 is 0 Å². The van der Waals surface area contributed by atoms with Gasteiger partial charge in [-0.05, 0) is 38.4 Å². The molecule has 1 fully saturated rings. The lowest BCUT2D eigenvalue weighted by Crippen LogP contribution is -2.37. The Morgan fingerprint density at radius 2 is 2.33 bits per heavy atom. The van der Waals surface area contributed by atoms with Gasteiger partial charge < -0.3 is 5.32 Å². The first-order chi connectivity index (χ1) is 8.85. The van der Waals surface area contributed by atoms with Crippen molar-refractivity contribution in [1.82, 2.24) is 20.0 Å². The Kier molecular flexibility index (Phi) is 5.20. The summed E-state index contributed by atoms with van der Waals surface area (Å²) in [6.45, 7) is 9.97. The molecule has 0 aromatic carbocycles. The van der Waals surface area contributed by atoms with Crippen molar-refractivity contribution in [3.05, 3.63) is 18.0 Å². The fourth-order valence-corrected chi connectivity index (χ4v) is 2.83. The van der Waals surface area contributed by atoms with Crippen LogP contribution in [-0.2, 0) is 13.1 Å². The van der Waals surface area contributed by atoms with Crippen molar-refractivity contribution < 1.29 is 0 Å². The van der Waals surface area contributed by atoms with Crippen LogP contribution in [0.5, 0.6) is 0 Å². The minimum atomic E-state index is 0.734. The molecule has 1 unspecified atom stereocenters. The van der Waals surface area contributed by atoms with Gasteiger partial charge in [0.25, 0.3) is 0 Å². The molecule has 1 aromatic rings. The van der Waals surface area contributed by atoms with Crippen molar-refractivity contribution in [2.45, 2.75) is 52.2 Å². The largest absolute Gasteiger partial charge is 0.310 e. The highest BCUT2D eigenvalue weighted by atomic mass is 15.3. The van der Waals surface area contributed by atoms with Gasteiger partial charge in [0.05, 0.1) is 5.69 Å². The van der Waals surface area contributed by atoms with Crippen LogP contribution >= 0.6 is 0 Å². The van der Waals surface area contributed by atoms with E-state index < -0.39 is 0 Å². The minimum absolute atomic E-state index is 0.734. The zero-order chi connectivity index (χ0) is 12.8. The maximum absolute atomic E-state index is 4.35. The van der Waals surface area contributed by atoms with Crippen molar-refractivity contribution in [1.29, 1.82) is 0 Å². The number of nitrogens with one attached hydrogen (secondary N) is 1. The second-order valence-corrected chi connectivity index (χ2v) is 5.10. The summed E-state index contributed by atoms with van der Waals surface area (Å²) < 4.78 is 2.11. The smallest absolute Gasteiger partial charge is 0.0522 e. The molecule has 0 amide bonds. The molecule has 1 saturated heterocycles. The number of aromatic nitrogens is 2. The van der Waals surface area contributed by atoms with Gasteiger partial charge in [-0.25, -0.2) is 0 Å². The third-order valence-electron chi connectivity index (χ3n) is 3.83. The topological polar surface area (TPSA) is 33.1 Å². The molecule has 4 nitrogen and oxygen atoms in total. The number of hydrogen-bond acceptors (Lipinski definition) is 3. The monoisotopic (exact) mass is 250 g/mol. The molecule has 18 heavy (non-hydrogen) atoms. The molecule has 102 valence electrons. The maximum atomic E-state index is 4.35. The average molecular weight is 250 g/mol. The van der Waals surface area contributed by atoms with Crippen LogP contribution < -0.4 is 5.32 Å². The molecule has 0 radical (unpaired) electrons. The van der Waals surface area contributed by atoms with E-state index in [9.17, 15) is 0 Å². The van der Waals surface area contributed by atoms with E-state index in [1.54, 1.807) is 0 Å². The van der Waals surface area contributed by atoms with Crippen LogP contribution in [-0.4, -0.2) is 40.4 Å². The van der Waals surface area contributed by atoms with E-state index >= 15 is 0 Å². The normalized spacial score (nSPS) is 20.7. The fourth-order valence-electron chi connectivity index (χ4n) is 2.83. The molecule has 2 rings (SSSR count). The number of likely N-dealkylation sites (tertiary alicyclic amines) is 1. The van der Waals surface area contributed by atoms with Crippen molar-refractivity contribution >= 4 is 0 Å². The summed E-state index contributed by atoms with van der Waals surface area (Å²) in [4.78, 5) is 2.58. The van der Waals surface area contributed by atoms with Crippen LogP contribution in [0.1, 0.15) is 38.8 Å². The van der Waals surface area contributed by atoms with Gasteiger partial charge in [0.15, 0.2) is 0 Å². The second kappa shape index (κ2) is 6.90. The summed E-state index contributed by atoms with van der Waals surface area (Å²) in [7, 11) is 0. The van der Waals surface area contributed by atoms with Crippen molar-refractivity contribution in [3.63, 3.8) is 0 Å². The summed E-state index contributed by atoms with van der Waals surface area (Å²) in [5.74, 6) is 0. The summed E-state index contributed by atoms with van der Waals surface area (Å²) >= 11 is 0. The highest BCUT2D eigenvalue weighted by molar-refractivity contribution is 5.00. The molecule has 1 atom stereocenters. The van der Waals surface area contributed by atoms with Gasteiger partial charge in [-0.3, -0.25) is 9.58 Å². The number of aryl methyl sites for hydroxylation is 1. The van der Waals surface area contributed by atoms with Gasteiger partial charge in [0.2, 0.25) is 0 Å². The molecule has 1 aliphatic heterocycles. The lowest BCUT2D eigenvalue weighted by molar-refractivity contribution is 0.259. The van der Waals surface area contributed by atoms with E-state index in [1.807, 2.05) is 6.20 Å². The zero-order valence-corrected chi connectivity index (χ0v) is 11.7. The van der Waals surface area contributed by atoms with E-state index in [-0.39, 0.29) is 0 Å². The zero-order valence-electron chi connectivity index (χ0n) is 11.7. The summed E-state index contributed by atoms with van der Waals surface area (Å²) in [5, 5.41) is 7.94. The van der Waals surface area contributed by atoms with Crippen molar-refractivity contribution in [2.75, 3.05) is 19.6 Å². The Hall–Kier alpha value is -0.870. The van der Waals surface area contributed by atoms with Crippen LogP contribution in [0, 0.1) is 0 Å². The van der Waals surface area contributed by atoms with E-state index in [1.165, 1.54) is 31.6 Å². The molecule has 4 heteroatoms. The van der Waals surface area contributed by atoms with Crippen LogP contribution in [0.4, 0.5) is 0 Å². The Balaban J connectivity index is 1.76. The molecule has 1 aliphatic rings. The Labute approximate surface area is 110 Å². The highest BCUT2D eigenvalue weighted by Crippen LogP contribution is 2.15. The summed E-state index contributed by atoms with van der Waals surface area (Å²) in [6, 6.07) is 2.85. The first kappa shape index (κ1) is 13.6. The number of nitrogens with zero attached hydrogens (tertiary/aromatic N) is 3. The van der Waals surface area contributed by atoms with Crippen molar-refractivity contribution in [3.8, 4) is 0 Å². The average Bonchev–Trinajstić information content (AvgIpc) is 2.99. The molecule has 0 saturated carbocycles. The molecule has 1 N–H and O–H groups in total. The van der Waals surface area contributed by atoms with Gasteiger partial charge in [-0.1, -0.05) is 13.8 Å². The molecular formula is C14H26N4. The molecule has 0 spiro atoms. The molecule has 1 aromatic heterocycles. The lowest BCUT2D eigenvalue weighted by atomic mass is 10.2. The highest BCUT2D eigenvalue weighted by Gasteiger charge is 2.22. The molecule has 2 heterocycles. The minimum Gasteiger partial charge on any atom is -0.310 e. The predicted molar refractivity (Wildman–Crippen MR) is 74.5 cm³/mol.